The molecule has 0 radical (unpaired) electrons. The summed E-state index contributed by atoms with van der Waals surface area (Å²) in [5, 5.41) is 2.63. The number of carbonyl (C=O) groups is 2. The van der Waals surface area contributed by atoms with E-state index in [0.717, 1.165) is 6.29 Å². The van der Waals surface area contributed by atoms with Crippen LogP contribution < -0.4 is 16.8 Å². The van der Waals surface area contributed by atoms with Crippen LogP contribution in [-0.4, -0.2) is 30.8 Å². The first-order valence-corrected chi connectivity index (χ1v) is 5.72. The van der Waals surface area contributed by atoms with Crippen LogP contribution in [0.5, 0.6) is 0 Å². The first-order valence-electron chi connectivity index (χ1n) is 5.72. The molecule has 0 rings (SSSR count). The second kappa shape index (κ2) is 8.24. The van der Waals surface area contributed by atoms with Crippen molar-refractivity contribution >= 4 is 12.2 Å². The predicted molar refractivity (Wildman–Crippen MR) is 63.7 cm³/mol. The molecule has 0 bridgehead atoms. The summed E-state index contributed by atoms with van der Waals surface area (Å²) in [5.41, 5.74) is 11.0. The van der Waals surface area contributed by atoms with E-state index in [-0.39, 0.29) is 5.91 Å². The number of carbonyl (C=O) groups excluding carboxylic acids is 2. The Hall–Kier alpha value is -0.940. The Bertz CT molecular complexity index is 219. The second-order valence-corrected chi connectivity index (χ2v) is 4.42. The number of rotatable bonds is 8. The molecule has 0 saturated carbocycles. The zero-order valence-corrected chi connectivity index (χ0v) is 10.1. The molecule has 0 aromatic rings. The van der Waals surface area contributed by atoms with E-state index in [9.17, 15) is 9.59 Å². The fourth-order valence-corrected chi connectivity index (χ4v) is 1.41. The summed E-state index contributed by atoms with van der Waals surface area (Å²) >= 11 is 0. The number of aldehydes is 1. The summed E-state index contributed by atoms with van der Waals surface area (Å²) in [6.45, 7) is 4.51. The lowest BCUT2D eigenvalue weighted by molar-refractivity contribution is -0.125. The first kappa shape index (κ1) is 15.1. The Morgan fingerprint density at radius 1 is 1.44 bits per heavy atom. The zero-order valence-electron chi connectivity index (χ0n) is 10.1. The van der Waals surface area contributed by atoms with E-state index >= 15 is 0 Å². The first-order chi connectivity index (χ1) is 7.51. The highest BCUT2D eigenvalue weighted by molar-refractivity contribution is 5.84. The summed E-state index contributed by atoms with van der Waals surface area (Å²) < 4.78 is 0. The van der Waals surface area contributed by atoms with Crippen molar-refractivity contribution < 1.29 is 9.59 Å². The largest absolute Gasteiger partial charge is 0.345 e. The van der Waals surface area contributed by atoms with E-state index in [4.69, 9.17) is 11.5 Å². The van der Waals surface area contributed by atoms with Crippen LogP contribution in [-0.2, 0) is 9.59 Å². The van der Waals surface area contributed by atoms with E-state index in [1.807, 2.05) is 13.8 Å². The maximum atomic E-state index is 11.6. The Morgan fingerprint density at radius 3 is 2.50 bits per heavy atom. The van der Waals surface area contributed by atoms with Gasteiger partial charge in [0, 0.05) is 0 Å². The molecule has 0 aromatic carbocycles. The fraction of sp³-hybridized carbons (Fsp3) is 0.818. The van der Waals surface area contributed by atoms with Gasteiger partial charge < -0.3 is 21.6 Å². The molecule has 0 saturated heterocycles. The minimum absolute atomic E-state index is 0.272. The lowest BCUT2D eigenvalue weighted by Crippen LogP contribution is -2.46. The van der Waals surface area contributed by atoms with Gasteiger partial charge in [-0.25, -0.2) is 0 Å². The maximum Gasteiger partial charge on any atom is 0.237 e. The topological polar surface area (TPSA) is 98.2 Å². The normalized spacial score (nSPS) is 14.6. The van der Waals surface area contributed by atoms with Crippen LogP contribution in [0.4, 0.5) is 0 Å². The molecule has 0 unspecified atom stereocenters. The molecule has 0 heterocycles. The van der Waals surface area contributed by atoms with E-state index < -0.39 is 12.1 Å². The fourth-order valence-electron chi connectivity index (χ4n) is 1.41. The third-order valence-corrected chi connectivity index (χ3v) is 2.27. The molecule has 1 amide bonds. The van der Waals surface area contributed by atoms with Gasteiger partial charge in [0.05, 0.1) is 12.1 Å². The van der Waals surface area contributed by atoms with Crippen molar-refractivity contribution in [2.24, 2.45) is 17.4 Å². The highest BCUT2D eigenvalue weighted by atomic mass is 16.2. The van der Waals surface area contributed by atoms with Gasteiger partial charge in [0.25, 0.3) is 0 Å². The van der Waals surface area contributed by atoms with Gasteiger partial charge in [-0.2, -0.15) is 0 Å². The number of hydrogen-bond donors (Lipinski definition) is 3. The average Bonchev–Trinajstić information content (AvgIpc) is 2.23. The summed E-state index contributed by atoms with van der Waals surface area (Å²) in [6, 6.07) is -1.01. The average molecular weight is 229 g/mol. The van der Waals surface area contributed by atoms with Crippen molar-refractivity contribution in [1.82, 2.24) is 5.32 Å². The quantitative estimate of drug-likeness (QED) is 0.501. The van der Waals surface area contributed by atoms with Crippen LogP contribution in [0, 0.1) is 5.92 Å². The van der Waals surface area contributed by atoms with Crippen molar-refractivity contribution in [3.05, 3.63) is 0 Å². The van der Waals surface area contributed by atoms with Gasteiger partial charge in [-0.15, -0.1) is 0 Å². The molecule has 0 aliphatic rings. The van der Waals surface area contributed by atoms with Crippen LogP contribution in [0.1, 0.15) is 33.1 Å². The van der Waals surface area contributed by atoms with E-state index in [0.29, 0.717) is 31.7 Å². The lowest BCUT2D eigenvalue weighted by Gasteiger charge is -2.17. The van der Waals surface area contributed by atoms with Crippen molar-refractivity contribution in [2.75, 3.05) is 6.54 Å². The number of hydrogen-bond acceptors (Lipinski definition) is 4. The summed E-state index contributed by atoms with van der Waals surface area (Å²) in [6.07, 6.45) is 2.66. The maximum absolute atomic E-state index is 11.6. The Kier molecular flexibility index (Phi) is 7.76. The predicted octanol–water partition coefficient (Wildman–Crippen LogP) is -0.218. The van der Waals surface area contributed by atoms with Crippen LogP contribution >= 0.6 is 0 Å². The molecule has 0 fully saturated rings. The van der Waals surface area contributed by atoms with Gasteiger partial charge in [-0.3, -0.25) is 4.79 Å². The number of amides is 1. The van der Waals surface area contributed by atoms with Crippen molar-refractivity contribution in [3.63, 3.8) is 0 Å². The molecule has 0 aromatic heterocycles. The molecule has 5 nitrogen and oxygen atoms in total. The molecular weight excluding hydrogens is 206 g/mol. The summed E-state index contributed by atoms with van der Waals surface area (Å²) in [7, 11) is 0. The summed E-state index contributed by atoms with van der Waals surface area (Å²) in [5.74, 6) is 0.0852. The van der Waals surface area contributed by atoms with Crippen molar-refractivity contribution in [1.29, 1.82) is 0 Å². The van der Waals surface area contributed by atoms with Crippen LogP contribution in [0.2, 0.25) is 0 Å². The van der Waals surface area contributed by atoms with E-state index in [1.165, 1.54) is 0 Å². The van der Waals surface area contributed by atoms with Crippen LogP contribution in [0.25, 0.3) is 0 Å². The van der Waals surface area contributed by atoms with Gasteiger partial charge in [-0.05, 0) is 31.7 Å². The van der Waals surface area contributed by atoms with Gasteiger partial charge >= 0.3 is 0 Å². The lowest BCUT2D eigenvalue weighted by atomic mass is 10.0. The molecule has 0 aliphatic heterocycles. The number of nitrogens with one attached hydrogen (secondary N) is 1. The van der Waals surface area contributed by atoms with Crippen molar-refractivity contribution in [2.45, 2.75) is 45.2 Å². The van der Waals surface area contributed by atoms with Gasteiger partial charge in [0.1, 0.15) is 6.29 Å². The molecule has 5 N–H and O–H groups in total. The van der Waals surface area contributed by atoms with E-state index in [1.54, 1.807) is 0 Å². The molecule has 0 aliphatic carbocycles. The van der Waals surface area contributed by atoms with Gasteiger partial charge in [-0.1, -0.05) is 13.8 Å². The molecule has 2 atom stereocenters. The Balaban J connectivity index is 4.03. The molecule has 0 spiro atoms. The molecule has 94 valence electrons. The zero-order chi connectivity index (χ0) is 12.6. The smallest absolute Gasteiger partial charge is 0.237 e. The van der Waals surface area contributed by atoms with Crippen LogP contribution in [0.15, 0.2) is 0 Å². The molecule has 16 heavy (non-hydrogen) atoms. The minimum Gasteiger partial charge on any atom is -0.345 e. The minimum atomic E-state index is -0.571. The van der Waals surface area contributed by atoms with E-state index in [2.05, 4.69) is 5.32 Å². The number of nitrogens with two attached hydrogens (primary N) is 2. The summed E-state index contributed by atoms with van der Waals surface area (Å²) in [4.78, 5) is 22.3. The van der Waals surface area contributed by atoms with Crippen molar-refractivity contribution in [3.8, 4) is 0 Å². The van der Waals surface area contributed by atoms with Gasteiger partial charge in [0.15, 0.2) is 0 Å². The molecular formula is C11H23N3O2. The highest BCUT2D eigenvalue weighted by Crippen LogP contribution is 2.03. The monoisotopic (exact) mass is 229 g/mol. The third-order valence-electron chi connectivity index (χ3n) is 2.27. The van der Waals surface area contributed by atoms with Gasteiger partial charge in [0.2, 0.25) is 5.91 Å². The Morgan fingerprint density at radius 2 is 2.06 bits per heavy atom. The molecule has 5 heteroatoms. The standard InChI is InChI=1S/C11H23N3O2/c1-8(2)6-9(7-15)14-11(16)10(13)4-3-5-12/h7-10H,3-6,12-13H2,1-2H3,(H,14,16)/t9-,10-/m1/s1. The third kappa shape index (κ3) is 6.53. The highest BCUT2D eigenvalue weighted by Gasteiger charge is 2.17. The second-order valence-electron chi connectivity index (χ2n) is 4.42. The SMILES string of the molecule is CC(C)C[C@H](C=O)NC(=O)[C@H](N)CCCN. The van der Waals surface area contributed by atoms with Crippen LogP contribution in [0.3, 0.4) is 0 Å². The Labute approximate surface area is 96.9 Å².